The van der Waals surface area contributed by atoms with Crippen molar-refractivity contribution >= 4 is 26.8 Å². The monoisotopic (exact) mass is 553 g/mol. The van der Waals surface area contributed by atoms with Crippen molar-refractivity contribution in [1.29, 1.82) is 0 Å². The van der Waals surface area contributed by atoms with Crippen LogP contribution >= 0.6 is 0 Å². The molecule has 0 unspecified atom stereocenters. The molecular weight excluding hydrogens is 523 g/mol. The Labute approximate surface area is 218 Å². The number of sulfone groups is 1. The lowest BCUT2D eigenvalue weighted by Crippen LogP contribution is -2.38. The molecule has 0 radical (unpaired) electrons. The summed E-state index contributed by atoms with van der Waals surface area (Å²) in [6.07, 6.45) is -5.31. The van der Waals surface area contributed by atoms with Crippen molar-refractivity contribution in [1.82, 2.24) is 14.9 Å². The highest BCUT2D eigenvalue weighted by Gasteiger charge is 2.43. The molecule has 1 aromatic heterocycles. The molecule has 38 heavy (non-hydrogen) atoms. The first-order valence-corrected chi connectivity index (χ1v) is 14.0. The van der Waals surface area contributed by atoms with E-state index >= 15 is 0 Å². The Bertz CT molecular complexity index is 1400. The molecule has 2 N–H and O–H groups in total. The number of carbonyl (C=O) groups excluding carboxylic acids is 1. The first-order chi connectivity index (χ1) is 17.9. The molecule has 206 valence electrons. The van der Waals surface area contributed by atoms with Gasteiger partial charge in [-0.05, 0) is 54.7 Å². The number of hydrogen-bond acceptors (Lipinski definition) is 6. The van der Waals surface area contributed by atoms with Crippen LogP contribution in [0.4, 0.5) is 13.2 Å². The van der Waals surface area contributed by atoms with Crippen LogP contribution in [0.2, 0.25) is 0 Å². The van der Waals surface area contributed by atoms with Gasteiger partial charge in [-0.2, -0.15) is 13.2 Å². The predicted molar refractivity (Wildman–Crippen MR) is 134 cm³/mol. The summed E-state index contributed by atoms with van der Waals surface area (Å²) in [5.41, 5.74) is 2.21. The van der Waals surface area contributed by atoms with Crippen LogP contribution in [0.1, 0.15) is 47.6 Å². The minimum Gasteiger partial charge on any atom is -0.394 e. The van der Waals surface area contributed by atoms with E-state index < -0.39 is 34.1 Å². The van der Waals surface area contributed by atoms with Crippen LogP contribution in [0.3, 0.4) is 0 Å². The van der Waals surface area contributed by atoms with E-state index in [0.717, 1.165) is 5.52 Å². The van der Waals surface area contributed by atoms with E-state index in [-0.39, 0.29) is 36.2 Å². The van der Waals surface area contributed by atoms with Gasteiger partial charge in [0, 0.05) is 19.0 Å². The van der Waals surface area contributed by atoms with Gasteiger partial charge in [0.15, 0.2) is 15.9 Å². The quantitative estimate of drug-likeness (QED) is 0.440. The highest BCUT2D eigenvalue weighted by molar-refractivity contribution is 7.91. The Morgan fingerprint density at radius 2 is 1.92 bits per heavy atom. The fraction of sp³-hybridized carbons (Fsp3) is 0.462. The number of aryl methyl sites for hydroxylation is 1. The molecule has 3 atom stereocenters. The number of imidazole rings is 1. The lowest BCUT2D eigenvalue weighted by atomic mass is 9.95. The van der Waals surface area contributed by atoms with E-state index in [1.807, 2.05) is 11.6 Å². The number of nitrogens with one attached hydrogen (secondary N) is 1. The first kappa shape index (κ1) is 28.1. The number of aliphatic hydroxyl groups is 1. The molecule has 3 aromatic rings. The Morgan fingerprint density at radius 1 is 1.21 bits per heavy atom. The zero-order valence-corrected chi connectivity index (χ0v) is 21.8. The van der Waals surface area contributed by atoms with Crippen molar-refractivity contribution in [3.05, 3.63) is 59.4 Å². The topological polar surface area (TPSA) is 111 Å². The number of alkyl halides is 3. The number of fused-ring (bicyclic) bond motifs is 1. The number of halogens is 3. The van der Waals surface area contributed by atoms with E-state index in [9.17, 15) is 31.5 Å². The summed E-state index contributed by atoms with van der Waals surface area (Å²) in [5, 5.41) is 12.6. The molecule has 12 heteroatoms. The van der Waals surface area contributed by atoms with Crippen molar-refractivity contribution in [3.8, 4) is 0 Å². The average molecular weight is 554 g/mol. The maximum atomic E-state index is 13.0. The summed E-state index contributed by atoms with van der Waals surface area (Å²) in [6, 6.07) is 10.3. The standard InChI is InChI=1S/C26H30F3N3O5S/c1-3-38(35,36)19-8-5-17(6-9-19)21(14-33)31-25(34)18-7-10-22-20(13-18)30-24(32(22)2)12-16-4-11-23(37-15-16)26(27,28)29/h5-10,13,16,21,23,33H,3-4,11-12,14-15H2,1-2H3,(H,31,34)/t16-,21+,23-/m1/s1. The number of ether oxygens (including phenoxy) is 1. The molecule has 0 saturated carbocycles. The van der Waals surface area contributed by atoms with Crippen molar-refractivity contribution in [3.63, 3.8) is 0 Å². The molecule has 0 spiro atoms. The second-order valence-electron chi connectivity index (χ2n) is 9.48. The number of rotatable bonds is 8. The number of benzene rings is 2. The third kappa shape index (κ3) is 6.02. The molecule has 4 rings (SSSR count). The van der Waals surface area contributed by atoms with Gasteiger partial charge in [-0.25, -0.2) is 13.4 Å². The molecule has 1 aliphatic rings. The van der Waals surface area contributed by atoms with Crippen molar-refractivity contribution in [2.24, 2.45) is 13.0 Å². The van der Waals surface area contributed by atoms with E-state index in [4.69, 9.17) is 4.74 Å². The van der Waals surface area contributed by atoms with Crippen LogP contribution < -0.4 is 5.32 Å². The van der Waals surface area contributed by atoms with Crippen LogP contribution in [0.25, 0.3) is 11.0 Å². The second kappa shape index (κ2) is 11.0. The lowest BCUT2D eigenvalue weighted by Gasteiger charge is -2.30. The van der Waals surface area contributed by atoms with E-state index in [0.29, 0.717) is 35.3 Å². The molecule has 1 fully saturated rings. The summed E-state index contributed by atoms with van der Waals surface area (Å²) in [6.45, 7) is 1.17. The van der Waals surface area contributed by atoms with Gasteiger partial charge in [-0.3, -0.25) is 4.79 Å². The van der Waals surface area contributed by atoms with Gasteiger partial charge in [0.1, 0.15) is 5.82 Å². The third-order valence-electron chi connectivity index (χ3n) is 6.95. The molecule has 1 amide bonds. The summed E-state index contributed by atoms with van der Waals surface area (Å²) in [7, 11) is -1.55. The number of aromatic nitrogens is 2. The lowest BCUT2D eigenvalue weighted by molar-refractivity contribution is -0.235. The van der Waals surface area contributed by atoms with E-state index in [1.54, 1.807) is 37.3 Å². The van der Waals surface area contributed by atoms with Crippen molar-refractivity contribution < 1.29 is 36.2 Å². The molecule has 2 aromatic carbocycles. The molecule has 0 aliphatic carbocycles. The Kier molecular flexibility index (Phi) is 8.15. The van der Waals surface area contributed by atoms with Gasteiger partial charge in [-0.15, -0.1) is 0 Å². The fourth-order valence-corrected chi connectivity index (χ4v) is 5.49. The Morgan fingerprint density at radius 3 is 2.50 bits per heavy atom. The third-order valence-corrected chi connectivity index (χ3v) is 8.70. The van der Waals surface area contributed by atoms with Gasteiger partial charge in [0.25, 0.3) is 5.91 Å². The summed E-state index contributed by atoms with van der Waals surface area (Å²) >= 11 is 0. The number of hydrogen-bond donors (Lipinski definition) is 2. The highest BCUT2D eigenvalue weighted by Crippen LogP contribution is 2.33. The molecule has 2 heterocycles. The Hall–Kier alpha value is -2.96. The van der Waals surface area contributed by atoms with Crippen LogP contribution in [-0.2, 0) is 28.0 Å². The van der Waals surface area contributed by atoms with E-state index in [1.165, 1.54) is 12.1 Å². The van der Waals surface area contributed by atoms with Gasteiger partial charge < -0.3 is 19.7 Å². The number of nitrogens with zero attached hydrogens (tertiary/aromatic N) is 2. The van der Waals surface area contributed by atoms with Gasteiger partial charge in [0.05, 0.1) is 40.9 Å². The minimum absolute atomic E-state index is 0.00887. The summed E-state index contributed by atoms with van der Waals surface area (Å²) < 4.78 is 69.6. The number of carbonyl (C=O) groups is 1. The molecule has 8 nitrogen and oxygen atoms in total. The maximum absolute atomic E-state index is 13.0. The SMILES string of the molecule is CCS(=O)(=O)c1ccc([C@H](CO)NC(=O)c2ccc3c(c2)nc(C[C@H]2CC[C@H](C(F)(F)F)OC2)n3C)cc1. The largest absolute Gasteiger partial charge is 0.414 e. The second-order valence-corrected chi connectivity index (χ2v) is 11.8. The van der Waals surface area contributed by atoms with Crippen molar-refractivity contribution in [2.75, 3.05) is 19.0 Å². The summed E-state index contributed by atoms with van der Waals surface area (Å²) in [5.74, 6) is 0.127. The van der Waals surface area contributed by atoms with Gasteiger partial charge >= 0.3 is 6.18 Å². The molecule has 1 saturated heterocycles. The maximum Gasteiger partial charge on any atom is 0.414 e. The smallest absolute Gasteiger partial charge is 0.394 e. The average Bonchev–Trinajstić information content (AvgIpc) is 3.21. The molecule has 0 bridgehead atoms. The molecular formula is C26H30F3N3O5S. The van der Waals surface area contributed by atoms with Crippen LogP contribution in [0.15, 0.2) is 47.4 Å². The predicted octanol–water partition coefficient (Wildman–Crippen LogP) is 3.73. The van der Waals surface area contributed by atoms with Gasteiger partial charge in [0.2, 0.25) is 0 Å². The Balaban J connectivity index is 1.45. The molecule has 1 aliphatic heterocycles. The zero-order chi connectivity index (χ0) is 27.7. The van der Waals surface area contributed by atoms with Crippen LogP contribution in [0, 0.1) is 5.92 Å². The van der Waals surface area contributed by atoms with Crippen LogP contribution in [0.5, 0.6) is 0 Å². The fourth-order valence-electron chi connectivity index (χ4n) is 4.61. The van der Waals surface area contributed by atoms with Gasteiger partial charge in [-0.1, -0.05) is 19.1 Å². The van der Waals surface area contributed by atoms with E-state index in [2.05, 4.69) is 10.3 Å². The zero-order valence-electron chi connectivity index (χ0n) is 21.0. The highest BCUT2D eigenvalue weighted by atomic mass is 32.2. The van der Waals surface area contributed by atoms with Crippen molar-refractivity contribution in [2.45, 2.75) is 49.4 Å². The minimum atomic E-state index is -4.35. The van der Waals surface area contributed by atoms with Crippen LogP contribution in [-0.4, -0.2) is 60.2 Å². The number of amides is 1. The normalized spacial score (nSPS) is 19.4. The number of aliphatic hydroxyl groups excluding tert-OH is 1. The first-order valence-electron chi connectivity index (χ1n) is 12.3. The summed E-state index contributed by atoms with van der Waals surface area (Å²) in [4.78, 5) is 17.7.